The Bertz CT molecular complexity index is 898. The first-order valence-electron chi connectivity index (χ1n) is 6.66. The average molecular weight is 295 g/mol. The predicted octanol–water partition coefficient (Wildman–Crippen LogP) is 2.76. The molecule has 5 heteroatoms. The molecule has 22 heavy (non-hydrogen) atoms. The van der Waals surface area contributed by atoms with Crippen LogP contribution in [0.15, 0.2) is 59.4 Å². The van der Waals surface area contributed by atoms with Gasteiger partial charge in [0.25, 0.3) is 5.56 Å². The van der Waals surface area contributed by atoms with Crippen LogP contribution in [-0.4, -0.2) is 18.1 Å². The number of nitrogens with one attached hydrogen (secondary N) is 1. The zero-order valence-corrected chi connectivity index (χ0v) is 11.8. The van der Waals surface area contributed by atoms with Gasteiger partial charge in [0.05, 0.1) is 7.11 Å². The molecule has 0 aliphatic carbocycles. The summed E-state index contributed by atoms with van der Waals surface area (Å²) in [5.74, 6) is 0.0929. The molecule has 1 heterocycles. The van der Waals surface area contributed by atoms with E-state index < -0.39 is 5.97 Å². The highest BCUT2D eigenvalue weighted by molar-refractivity contribution is 5.94. The van der Waals surface area contributed by atoms with Crippen LogP contribution in [0.4, 0.5) is 0 Å². The first-order chi connectivity index (χ1) is 10.7. The Hall–Kier alpha value is -3.08. The van der Waals surface area contributed by atoms with Gasteiger partial charge in [-0.3, -0.25) is 4.79 Å². The fourth-order valence-electron chi connectivity index (χ4n) is 2.18. The fraction of sp³-hybridized carbons (Fsp3) is 0.0588. The largest absolute Gasteiger partial charge is 0.493 e. The third-order valence-electron chi connectivity index (χ3n) is 3.25. The Morgan fingerprint density at radius 2 is 1.68 bits per heavy atom. The second kappa shape index (κ2) is 5.73. The average Bonchev–Trinajstić information content (AvgIpc) is 2.55. The van der Waals surface area contributed by atoms with Gasteiger partial charge in [-0.1, -0.05) is 30.3 Å². The van der Waals surface area contributed by atoms with Crippen molar-refractivity contribution in [3.63, 3.8) is 0 Å². The topological polar surface area (TPSA) is 68.4 Å². The van der Waals surface area contributed by atoms with Crippen molar-refractivity contribution in [2.24, 2.45) is 0 Å². The number of esters is 1. The maximum Gasteiger partial charge on any atom is 0.360 e. The summed E-state index contributed by atoms with van der Waals surface area (Å²) in [6, 6.07) is 15.4. The number of pyridine rings is 1. The van der Waals surface area contributed by atoms with Crippen LogP contribution >= 0.6 is 0 Å². The number of para-hydroxylation sites is 2. The van der Waals surface area contributed by atoms with Crippen LogP contribution in [0.1, 0.15) is 10.5 Å². The molecule has 1 aromatic heterocycles. The van der Waals surface area contributed by atoms with E-state index in [2.05, 4.69) is 4.98 Å². The Balaban J connectivity index is 1.97. The molecule has 0 saturated carbocycles. The predicted molar refractivity (Wildman–Crippen MR) is 82.5 cm³/mol. The van der Waals surface area contributed by atoms with E-state index in [0.717, 1.165) is 0 Å². The van der Waals surface area contributed by atoms with Crippen molar-refractivity contribution < 1.29 is 14.3 Å². The molecule has 0 aliphatic heterocycles. The maximum absolute atomic E-state index is 12.2. The normalized spacial score (nSPS) is 10.4. The van der Waals surface area contributed by atoms with Gasteiger partial charge in [-0.2, -0.15) is 0 Å². The molecule has 0 bridgehead atoms. The van der Waals surface area contributed by atoms with Crippen LogP contribution in [-0.2, 0) is 0 Å². The van der Waals surface area contributed by atoms with E-state index in [0.29, 0.717) is 22.3 Å². The van der Waals surface area contributed by atoms with Crippen molar-refractivity contribution in [1.82, 2.24) is 4.98 Å². The number of hydrogen-bond donors (Lipinski definition) is 1. The van der Waals surface area contributed by atoms with Crippen LogP contribution < -0.4 is 15.0 Å². The van der Waals surface area contributed by atoms with Gasteiger partial charge < -0.3 is 14.5 Å². The number of carbonyl (C=O) groups is 1. The van der Waals surface area contributed by atoms with Gasteiger partial charge in [0.2, 0.25) is 0 Å². The molecule has 0 unspecified atom stereocenters. The molecule has 0 spiro atoms. The SMILES string of the molecule is COc1ccccc1OC(=O)c1cc2ccccc2c(=O)[nH]1. The Kier molecular flexibility index (Phi) is 3.62. The van der Waals surface area contributed by atoms with Gasteiger partial charge >= 0.3 is 5.97 Å². The maximum atomic E-state index is 12.2. The first kappa shape index (κ1) is 13.9. The number of H-pyrrole nitrogens is 1. The second-order valence-electron chi connectivity index (χ2n) is 4.64. The lowest BCUT2D eigenvalue weighted by atomic mass is 10.1. The lowest BCUT2D eigenvalue weighted by Crippen LogP contribution is -2.17. The Labute approximate surface area is 126 Å². The summed E-state index contributed by atoms with van der Waals surface area (Å²) in [6.07, 6.45) is 0. The fourth-order valence-corrected chi connectivity index (χ4v) is 2.18. The van der Waals surface area contributed by atoms with E-state index >= 15 is 0 Å². The van der Waals surface area contributed by atoms with Crippen molar-refractivity contribution >= 4 is 16.7 Å². The van der Waals surface area contributed by atoms with Gasteiger partial charge in [-0.05, 0) is 29.7 Å². The number of rotatable bonds is 3. The standard InChI is InChI=1S/C17H13NO4/c1-21-14-8-4-5-9-15(14)22-17(20)13-10-11-6-2-3-7-12(11)16(19)18-13/h2-10H,1H3,(H,18,19). The minimum Gasteiger partial charge on any atom is -0.493 e. The van der Waals surface area contributed by atoms with Gasteiger partial charge in [-0.15, -0.1) is 0 Å². The van der Waals surface area contributed by atoms with E-state index in [9.17, 15) is 9.59 Å². The number of aromatic amines is 1. The van der Waals surface area contributed by atoms with E-state index in [1.807, 2.05) is 0 Å². The van der Waals surface area contributed by atoms with Crippen LogP contribution in [0.5, 0.6) is 11.5 Å². The number of benzene rings is 2. The van der Waals surface area contributed by atoms with Crippen LogP contribution in [0.2, 0.25) is 0 Å². The monoisotopic (exact) mass is 295 g/mol. The molecule has 0 atom stereocenters. The van der Waals surface area contributed by atoms with Crippen LogP contribution in [0.25, 0.3) is 10.8 Å². The van der Waals surface area contributed by atoms with E-state index in [1.165, 1.54) is 7.11 Å². The van der Waals surface area contributed by atoms with E-state index in [-0.39, 0.29) is 11.3 Å². The highest BCUT2D eigenvalue weighted by atomic mass is 16.6. The second-order valence-corrected chi connectivity index (χ2v) is 4.64. The van der Waals surface area contributed by atoms with Gasteiger partial charge in [0.15, 0.2) is 11.5 Å². The van der Waals surface area contributed by atoms with Gasteiger partial charge in [-0.25, -0.2) is 4.79 Å². The summed E-state index contributed by atoms with van der Waals surface area (Å²) in [5, 5.41) is 1.20. The Morgan fingerprint density at radius 1 is 1.00 bits per heavy atom. The van der Waals surface area contributed by atoms with E-state index in [4.69, 9.17) is 9.47 Å². The zero-order valence-electron chi connectivity index (χ0n) is 11.8. The molecule has 1 N–H and O–H groups in total. The molecule has 5 nitrogen and oxygen atoms in total. The summed E-state index contributed by atoms with van der Waals surface area (Å²) in [6.45, 7) is 0. The minimum atomic E-state index is -0.646. The summed E-state index contributed by atoms with van der Waals surface area (Å²) in [7, 11) is 1.49. The molecular weight excluding hydrogens is 282 g/mol. The molecule has 0 amide bonds. The number of aromatic nitrogens is 1. The number of ether oxygens (including phenoxy) is 2. The summed E-state index contributed by atoms with van der Waals surface area (Å²) in [4.78, 5) is 26.8. The van der Waals surface area contributed by atoms with Gasteiger partial charge in [0.1, 0.15) is 5.69 Å². The number of carbonyl (C=O) groups excluding carboxylic acids is 1. The summed E-state index contributed by atoms with van der Waals surface area (Å²) >= 11 is 0. The van der Waals surface area contributed by atoms with Crippen LogP contribution in [0, 0.1) is 0 Å². The van der Waals surface area contributed by atoms with Crippen molar-refractivity contribution in [2.75, 3.05) is 7.11 Å². The van der Waals surface area contributed by atoms with Crippen molar-refractivity contribution in [2.45, 2.75) is 0 Å². The van der Waals surface area contributed by atoms with Crippen LogP contribution in [0.3, 0.4) is 0 Å². The quantitative estimate of drug-likeness (QED) is 0.596. The minimum absolute atomic E-state index is 0.0922. The molecule has 3 rings (SSSR count). The molecular formula is C17H13NO4. The molecule has 0 saturated heterocycles. The number of fused-ring (bicyclic) bond motifs is 1. The van der Waals surface area contributed by atoms with Crippen molar-refractivity contribution in [1.29, 1.82) is 0 Å². The van der Waals surface area contributed by atoms with E-state index in [1.54, 1.807) is 54.6 Å². The summed E-state index contributed by atoms with van der Waals surface area (Å²) in [5.41, 5.74) is -0.236. The molecule has 0 fully saturated rings. The van der Waals surface area contributed by atoms with Crippen molar-refractivity contribution in [3.8, 4) is 11.5 Å². The highest BCUT2D eigenvalue weighted by Crippen LogP contribution is 2.26. The number of methoxy groups -OCH3 is 1. The zero-order chi connectivity index (χ0) is 15.5. The Morgan fingerprint density at radius 3 is 2.45 bits per heavy atom. The van der Waals surface area contributed by atoms with Crippen molar-refractivity contribution in [3.05, 3.63) is 70.6 Å². The molecule has 0 radical (unpaired) electrons. The molecule has 110 valence electrons. The third-order valence-corrected chi connectivity index (χ3v) is 3.25. The lowest BCUT2D eigenvalue weighted by Gasteiger charge is -2.09. The van der Waals surface area contributed by atoms with Gasteiger partial charge in [0, 0.05) is 5.39 Å². The number of hydrogen-bond acceptors (Lipinski definition) is 4. The molecule has 3 aromatic rings. The highest BCUT2D eigenvalue weighted by Gasteiger charge is 2.14. The molecule has 2 aromatic carbocycles. The first-order valence-corrected chi connectivity index (χ1v) is 6.66. The molecule has 0 aliphatic rings. The summed E-state index contributed by atoms with van der Waals surface area (Å²) < 4.78 is 10.4. The third kappa shape index (κ3) is 2.56. The smallest absolute Gasteiger partial charge is 0.360 e. The lowest BCUT2D eigenvalue weighted by molar-refractivity contribution is 0.0723.